The molecular weight excluding hydrogens is 280 g/mol. The molecule has 1 aromatic carbocycles. The number of carbonyl (C=O) groups excluding carboxylic acids is 1. The van der Waals surface area contributed by atoms with Crippen LogP contribution in [0.3, 0.4) is 0 Å². The van der Waals surface area contributed by atoms with E-state index in [0.717, 1.165) is 26.2 Å². The average Bonchev–Trinajstić information content (AvgIpc) is 2.48. The second kappa shape index (κ2) is 8.79. The molecule has 0 atom stereocenters. The highest BCUT2D eigenvalue weighted by molar-refractivity contribution is 5.94. The van der Waals surface area contributed by atoms with Crippen LogP contribution in [0.2, 0.25) is 0 Å². The van der Waals surface area contributed by atoms with E-state index in [2.05, 4.69) is 5.32 Å². The summed E-state index contributed by atoms with van der Waals surface area (Å²) in [6.07, 6.45) is 0. The van der Waals surface area contributed by atoms with E-state index in [0.29, 0.717) is 24.5 Å². The van der Waals surface area contributed by atoms with Crippen LogP contribution in [0.5, 0.6) is 5.75 Å². The zero-order valence-corrected chi connectivity index (χ0v) is 12.4. The van der Waals surface area contributed by atoms with E-state index in [9.17, 15) is 4.79 Å². The van der Waals surface area contributed by atoms with Gasteiger partial charge in [0.25, 0.3) is 5.91 Å². The Morgan fingerprint density at radius 3 is 2.75 bits per heavy atom. The van der Waals surface area contributed by atoms with Gasteiger partial charge in [0.15, 0.2) is 0 Å². The van der Waals surface area contributed by atoms with E-state index >= 15 is 0 Å². The molecule has 1 aliphatic heterocycles. The molecule has 2 rings (SSSR count). The molecule has 112 valence electrons. The Kier molecular flexibility index (Phi) is 7.36. The van der Waals surface area contributed by atoms with Crippen molar-refractivity contribution in [3.8, 4) is 5.75 Å². The Morgan fingerprint density at radius 1 is 1.30 bits per heavy atom. The Labute approximate surface area is 125 Å². The minimum Gasteiger partial charge on any atom is -0.491 e. The lowest BCUT2D eigenvalue weighted by atomic mass is 10.1. The molecule has 1 heterocycles. The molecule has 0 aromatic heterocycles. The van der Waals surface area contributed by atoms with E-state index in [4.69, 9.17) is 9.47 Å². The average molecular weight is 301 g/mol. The number of nitrogens with zero attached hydrogens (tertiary/aromatic N) is 1. The van der Waals surface area contributed by atoms with E-state index in [1.807, 2.05) is 23.1 Å². The number of piperazine rings is 1. The molecular formula is C14H21ClN2O3. The summed E-state index contributed by atoms with van der Waals surface area (Å²) >= 11 is 0. The van der Waals surface area contributed by atoms with Gasteiger partial charge in [-0.25, -0.2) is 0 Å². The zero-order chi connectivity index (χ0) is 13.5. The van der Waals surface area contributed by atoms with Gasteiger partial charge < -0.3 is 19.7 Å². The van der Waals surface area contributed by atoms with Crippen molar-refractivity contribution in [1.82, 2.24) is 10.2 Å². The van der Waals surface area contributed by atoms with Gasteiger partial charge in [-0.2, -0.15) is 0 Å². The maximum Gasteiger partial charge on any atom is 0.254 e. The first-order valence-electron chi connectivity index (χ1n) is 6.53. The second-order valence-electron chi connectivity index (χ2n) is 4.41. The fraction of sp³-hybridized carbons (Fsp3) is 0.500. The van der Waals surface area contributed by atoms with Crippen molar-refractivity contribution in [1.29, 1.82) is 0 Å². The normalized spacial score (nSPS) is 14.6. The third kappa shape index (κ3) is 4.67. The first-order valence-corrected chi connectivity index (χ1v) is 6.53. The predicted octanol–water partition coefficient (Wildman–Crippen LogP) is 1.18. The van der Waals surface area contributed by atoms with Gasteiger partial charge in [0, 0.05) is 38.9 Å². The van der Waals surface area contributed by atoms with Crippen LogP contribution < -0.4 is 10.1 Å². The molecule has 1 aromatic rings. The number of halogens is 1. The van der Waals surface area contributed by atoms with Gasteiger partial charge >= 0.3 is 0 Å². The van der Waals surface area contributed by atoms with E-state index in [1.54, 1.807) is 13.2 Å². The van der Waals surface area contributed by atoms with Crippen molar-refractivity contribution in [2.75, 3.05) is 46.5 Å². The molecule has 0 radical (unpaired) electrons. The smallest absolute Gasteiger partial charge is 0.254 e. The van der Waals surface area contributed by atoms with Gasteiger partial charge in [-0.15, -0.1) is 12.4 Å². The van der Waals surface area contributed by atoms with Gasteiger partial charge in [-0.05, 0) is 18.2 Å². The Morgan fingerprint density at radius 2 is 2.05 bits per heavy atom. The predicted molar refractivity (Wildman–Crippen MR) is 79.8 cm³/mol. The Bertz CT molecular complexity index is 423. The highest BCUT2D eigenvalue weighted by Gasteiger charge is 2.18. The molecule has 0 bridgehead atoms. The number of rotatable bonds is 5. The summed E-state index contributed by atoms with van der Waals surface area (Å²) in [7, 11) is 1.63. The highest BCUT2D eigenvalue weighted by Crippen LogP contribution is 2.15. The number of benzene rings is 1. The lowest BCUT2D eigenvalue weighted by Gasteiger charge is -2.27. The van der Waals surface area contributed by atoms with Crippen molar-refractivity contribution >= 4 is 18.3 Å². The number of nitrogens with one attached hydrogen (secondary N) is 1. The summed E-state index contributed by atoms with van der Waals surface area (Å²) in [5.41, 5.74) is 0.678. The number of ether oxygens (including phenoxy) is 2. The molecule has 1 aliphatic rings. The zero-order valence-electron chi connectivity index (χ0n) is 11.6. The molecule has 1 amide bonds. The first-order chi connectivity index (χ1) is 9.31. The van der Waals surface area contributed by atoms with E-state index in [-0.39, 0.29) is 18.3 Å². The quantitative estimate of drug-likeness (QED) is 0.830. The monoisotopic (exact) mass is 300 g/mol. The van der Waals surface area contributed by atoms with Crippen LogP contribution in [-0.2, 0) is 4.74 Å². The van der Waals surface area contributed by atoms with Crippen LogP contribution in [-0.4, -0.2) is 57.3 Å². The molecule has 1 fully saturated rings. The van der Waals surface area contributed by atoms with E-state index in [1.165, 1.54) is 0 Å². The van der Waals surface area contributed by atoms with Crippen LogP contribution in [0.4, 0.5) is 0 Å². The summed E-state index contributed by atoms with van der Waals surface area (Å²) in [5.74, 6) is 0.775. The largest absolute Gasteiger partial charge is 0.491 e. The van der Waals surface area contributed by atoms with Gasteiger partial charge in [0.2, 0.25) is 0 Å². The molecule has 6 heteroatoms. The molecule has 5 nitrogen and oxygen atoms in total. The first kappa shape index (κ1) is 16.8. The third-order valence-electron chi connectivity index (χ3n) is 3.04. The van der Waals surface area contributed by atoms with Crippen molar-refractivity contribution in [3.05, 3.63) is 29.8 Å². The fourth-order valence-corrected chi connectivity index (χ4v) is 2.01. The summed E-state index contributed by atoms with van der Waals surface area (Å²) in [6, 6.07) is 7.31. The molecule has 1 saturated heterocycles. The van der Waals surface area contributed by atoms with Gasteiger partial charge in [0.05, 0.1) is 6.61 Å². The topological polar surface area (TPSA) is 50.8 Å². The maximum absolute atomic E-state index is 12.3. The summed E-state index contributed by atoms with van der Waals surface area (Å²) < 4.78 is 10.4. The Balaban J connectivity index is 0.00000200. The molecule has 0 unspecified atom stereocenters. The summed E-state index contributed by atoms with van der Waals surface area (Å²) in [6.45, 7) is 4.25. The third-order valence-corrected chi connectivity index (χ3v) is 3.04. The number of hydrogen-bond acceptors (Lipinski definition) is 4. The number of carbonyl (C=O) groups is 1. The number of hydrogen-bond donors (Lipinski definition) is 1. The van der Waals surface area contributed by atoms with Crippen LogP contribution in [0.1, 0.15) is 10.4 Å². The van der Waals surface area contributed by atoms with Gasteiger partial charge in [-0.3, -0.25) is 4.79 Å². The summed E-state index contributed by atoms with van der Waals surface area (Å²) in [5, 5.41) is 3.23. The van der Waals surface area contributed by atoms with Crippen LogP contribution in [0.15, 0.2) is 24.3 Å². The molecule has 20 heavy (non-hydrogen) atoms. The summed E-state index contributed by atoms with van der Waals surface area (Å²) in [4.78, 5) is 14.2. The minimum atomic E-state index is 0. The van der Waals surface area contributed by atoms with Crippen molar-refractivity contribution in [2.24, 2.45) is 0 Å². The lowest BCUT2D eigenvalue weighted by molar-refractivity contribution is 0.0735. The minimum absolute atomic E-state index is 0. The van der Waals surface area contributed by atoms with Gasteiger partial charge in [-0.1, -0.05) is 6.07 Å². The second-order valence-corrected chi connectivity index (χ2v) is 4.41. The number of methoxy groups -OCH3 is 1. The number of amides is 1. The highest BCUT2D eigenvalue weighted by atomic mass is 35.5. The maximum atomic E-state index is 12.3. The van der Waals surface area contributed by atoms with Crippen LogP contribution in [0.25, 0.3) is 0 Å². The van der Waals surface area contributed by atoms with Crippen LogP contribution in [0, 0.1) is 0 Å². The van der Waals surface area contributed by atoms with Gasteiger partial charge in [0.1, 0.15) is 12.4 Å². The Hall–Kier alpha value is -1.30. The standard InChI is InChI=1S/C14H20N2O3.ClH/c1-18-9-10-19-13-4-2-3-12(11-13)14(17)16-7-5-15-6-8-16;/h2-4,11,15H,5-10H2,1H3;1H. The van der Waals surface area contributed by atoms with Crippen LogP contribution >= 0.6 is 12.4 Å². The van der Waals surface area contributed by atoms with Crippen molar-refractivity contribution in [3.63, 3.8) is 0 Å². The van der Waals surface area contributed by atoms with Crippen molar-refractivity contribution < 1.29 is 14.3 Å². The molecule has 0 saturated carbocycles. The molecule has 0 spiro atoms. The lowest BCUT2D eigenvalue weighted by Crippen LogP contribution is -2.46. The van der Waals surface area contributed by atoms with Crippen molar-refractivity contribution in [2.45, 2.75) is 0 Å². The SMILES string of the molecule is COCCOc1cccc(C(=O)N2CCNCC2)c1.Cl. The molecule has 1 N–H and O–H groups in total. The fourth-order valence-electron chi connectivity index (χ4n) is 2.01. The molecule has 0 aliphatic carbocycles. The van der Waals surface area contributed by atoms with E-state index < -0.39 is 0 Å².